The van der Waals surface area contributed by atoms with E-state index in [0.29, 0.717) is 38.7 Å². The average molecular weight is 550 g/mol. The number of nitrogens with zero attached hydrogens (tertiary/aromatic N) is 2. The number of hydrogen-bond acceptors (Lipinski definition) is 10. The van der Waals surface area contributed by atoms with Crippen LogP contribution in [0, 0.1) is 11.3 Å². The molecule has 1 aliphatic heterocycles. The molecular weight excluding hydrogens is 522 g/mol. The lowest BCUT2D eigenvalue weighted by atomic mass is 9.83. The molecule has 0 saturated carbocycles. The summed E-state index contributed by atoms with van der Waals surface area (Å²) in [5, 5.41) is 10.2. The molecule has 1 aliphatic rings. The number of carbonyl (C=O) groups is 1. The van der Waals surface area contributed by atoms with Gasteiger partial charge in [0.2, 0.25) is 0 Å². The molecular formula is C28H27N3O7S. The van der Waals surface area contributed by atoms with E-state index in [1.165, 1.54) is 33.0 Å². The van der Waals surface area contributed by atoms with Crippen LogP contribution in [0.5, 0.6) is 23.0 Å². The summed E-state index contributed by atoms with van der Waals surface area (Å²) in [6, 6.07) is 12.4. The molecule has 4 rings (SSSR count). The van der Waals surface area contributed by atoms with Crippen molar-refractivity contribution in [3.63, 3.8) is 0 Å². The highest BCUT2D eigenvalue weighted by molar-refractivity contribution is 7.07. The van der Waals surface area contributed by atoms with Gasteiger partial charge in [-0.15, -0.1) is 11.3 Å². The molecule has 39 heavy (non-hydrogen) atoms. The molecule has 1 atom stereocenters. The summed E-state index contributed by atoms with van der Waals surface area (Å²) in [6.45, 7) is 1.78. The molecule has 0 saturated heterocycles. The minimum Gasteiger partial charge on any atom is -0.493 e. The number of fused-ring (bicyclic) bond motifs is 1. The van der Waals surface area contributed by atoms with E-state index in [4.69, 9.17) is 29.4 Å². The number of benzene rings is 2. The van der Waals surface area contributed by atoms with E-state index >= 15 is 0 Å². The Labute approximate surface area is 228 Å². The van der Waals surface area contributed by atoms with E-state index in [0.717, 1.165) is 11.3 Å². The molecule has 202 valence electrons. The van der Waals surface area contributed by atoms with E-state index in [1.54, 1.807) is 49.4 Å². The lowest BCUT2D eigenvalue weighted by molar-refractivity contribution is -0.136. The highest BCUT2D eigenvalue weighted by atomic mass is 32.1. The van der Waals surface area contributed by atoms with Crippen LogP contribution in [0.4, 0.5) is 0 Å². The number of allylic oxidation sites excluding steroid dienone is 1. The minimum atomic E-state index is -0.902. The molecule has 0 unspecified atom stereocenters. The van der Waals surface area contributed by atoms with Crippen molar-refractivity contribution < 1.29 is 28.5 Å². The average Bonchev–Trinajstić information content (AvgIpc) is 3.27. The van der Waals surface area contributed by atoms with Gasteiger partial charge in [-0.3, -0.25) is 9.36 Å². The van der Waals surface area contributed by atoms with Crippen molar-refractivity contribution in [3.05, 3.63) is 72.6 Å². The van der Waals surface area contributed by atoms with Crippen LogP contribution in [0.15, 0.2) is 46.8 Å². The van der Waals surface area contributed by atoms with Crippen molar-refractivity contribution in [1.29, 1.82) is 5.26 Å². The van der Waals surface area contributed by atoms with Gasteiger partial charge < -0.3 is 29.4 Å². The summed E-state index contributed by atoms with van der Waals surface area (Å²) in [5.74, 6) is 0.292. The number of methoxy groups -OCH3 is 4. The fraction of sp³-hybridized carbons (Fsp3) is 0.250. The normalized spacial score (nSPS) is 14.9. The fourth-order valence-electron chi connectivity index (χ4n) is 4.41. The molecule has 0 aliphatic carbocycles. The maximum Gasteiger partial charge on any atom is 0.338 e. The zero-order valence-electron chi connectivity index (χ0n) is 22.1. The molecule has 0 bridgehead atoms. The third kappa shape index (κ3) is 4.82. The predicted octanol–water partition coefficient (Wildman–Crippen LogP) is 1.94. The Hall–Kier alpha value is -4.69. The molecule has 2 N–H and O–H groups in total. The molecule has 0 fully saturated rings. The molecule has 1 aromatic heterocycles. The minimum absolute atomic E-state index is 0.0374. The van der Waals surface area contributed by atoms with E-state index in [-0.39, 0.29) is 28.2 Å². The molecule has 2 aromatic carbocycles. The van der Waals surface area contributed by atoms with Crippen molar-refractivity contribution in [3.8, 4) is 29.1 Å². The Morgan fingerprint density at radius 1 is 1.03 bits per heavy atom. The smallest absolute Gasteiger partial charge is 0.338 e. The van der Waals surface area contributed by atoms with Gasteiger partial charge in [-0.05, 0) is 48.4 Å². The largest absolute Gasteiger partial charge is 0.493 e. The Balaban J connectivity index is 2.05. The highest BCUT2D eigenvalue weighted by Gasteiger charge is 2.36. The molecule has 3 aromatic rings. The van der Waals surface area contributed by atoms with Crippen LogP contribution in [0.2, 0.25) is 0 Å². The molecule has 11 heteroatoms. The highest BCUT2D eigenvalue weighted by Crippen LogP contribution is 2.40. The quantitative estimate of drug-likeness (QED) is 0.418. The summed E-state index contributed by atoms with van der Waals surface area (Å²) in [5.41, 5.74) is 7.35. The van der Waals surface area contributed by atoms with Crippen molar-refractivity contribution >= 4 is 34.8 Å². The number of aromatic nitrogens is 1. The van der Waals surface area contributed by atoms with Crippen LogP contribution in [-0.2, 0) is 9.53 Å². The first-order valence-corrected chi connectivity index (χ1v) is 12.6. The van der Waals surface area contributed by atoms with Crippen LogP contribution in [0.25, 0.3) is 17.5 Å². The van der Waals surface area contributed by atoms with Gasteiger partial charge in [0, 0.05) is 0 Å². The van der Waals surface area contributed by atoms with E-state index < -0.39 is 17.4 Å². The lowest BCUT2D eigenvalue weighted by Crippen LogP contribution is -2.40. The summed E-state index contributed by atoms with van der Waals surface area (Å²) >= 11 is 1.08. The van der Waals surface area contributed by atoms with Gasteiger partial charge in [0.05, 0.1) is 62.7 Å². The van der Waals surface area contributed by atoms with Gasteiger partial charge >= 0.3 is 5.97 Å². The van der Waals surface area contributed by atoms with Crippen LogP contribution in [-0.4, -0.2) is 45.6 Å². The number of rotatable bonds is 8. The molecule has 10 nitrogen and oxygen atoms in total. The summed E-state index contributed by atoms with van der Waals surface area (Å²) in [4.78, 5) is 27.0. The number of hydrogen-bond donors (Lipinski definition) is 1. The first kappa shape index (κ1) is 27.3. The summed E-state index contributed by atoms with van der Waals surface area (Å²) < 4.78 is 28.6. The topological polar surface area (TPSA) is 135 Å². The number of esters is 1. The molecule has 2 heterocycles. The second-order valence-electron chi connectivity index (χ2n) is 8.26. The molecule has 0 amide bonds. The van der Waals surface area contributed by atoms with Gasteiger partial charge in [0.25, 0.3) is 5.56 Å². The van der Waals surface area contributed by atoms with E-state index in [1.807, 2.05) is 0 Å². The third-order valence-corrected chi connectivity index (χ3v) is 7.32. The van der Waals surface area contributed by atoms with Crippen molar-refractivity contribution in [2.24, 2.45) is 5.73 Å². The van der Waals surface area contributed by atoms with E-state index in [2.05, 4.69) is 6.07 Å². The van der Waals surface area contributed by atoms with Crippen molar-refractivity contribution in [1.82, 2.24) is 4.57 Å². The molecule has 0 spiro atoms. The zero-order chi connectivity index (χ0) is 28.3. The van der Waals surface area contributed by atoms with E-state index in [9.17, 15) is 14.9 Å². The van der Waals surface area contributed by atoms with Gasteiger partial charge in [0.15, 0.2) is 23.0 Å². The summed E-state index contributed by atoms with van der Waals surface area (Å²) in [7, 11) is 6.04. The second kappa shape index (κ2) is 11.4. The lowest BCUT2D eigenvalue weighted by Gasteiger charge is -2.25. The Morgan fingerprint density at radius 3 is 2.23 bits per heavy atom. The monoisotopic (exact) mass is 549 g/mol. The zero-order valence-corrected chi connectivity index (χ0v) is 22.9. The number of ether oxygens (including phenoxy) is 5. The van der Waals surface area contributed by atoms with Gasteiger partial charge in [-0.2, -0.15) is 5.26 Å². The Bertz CT molecular complexity index is 1700. The van der Waals surface area contributed by atoms with Crippen molar-refractivity contribution in [2.75, 3.05) is 35.0 Å². The maximum absolute atomic E-state index is 13.6. The Morgan fingerprint density at radius 2 is 1.64 bits per heavy atom. The van der Waals surface area contributed by atoms with Crippen LogP contribution < -0.4 is 39.4 Å². The van der Waals surface area contributed by atoms with Gasteiger partial charge in [-0.25, -0.2) is 4.79 Å². The SMILES string of the molecule is CCOC(=O)C1=c2s/c(=C\c3ccc(OC)c(OC)c3)c(=O)n2C(N)=C(C#N)[C@@H]1c1ccc(OC)c(OC)c1. The van der Waals surface area contributed by atoms with Gasteiger partial charge in [-0.1, -0.05) is 12.1 Å². The Kier molecular flexibility index (Phi) is 7.97. The maximum atomic E-state index is 13.6. The predicted molar refractivity (Wildman–Crippen MR) is 146 cm³/mol. The number of nitriles is 1. The fourth-order valence-corrected chi connectivity index (χ4v) is 5.58. The van der Waals surface area contributed by atoms with Crippen molar-refractivity contribution in [2.45, 2.75) is 12.8 Å². The molecule has 0 radical (unpaired) electrons. The first-order chi connectivity index (χ1) is 18.8. The van der Waals surface area contributed by atoms with Crippen LogP contribution >= 0.6 is 11.3 Å². The number of carbonyl (C=O) groups excluding carboxylic acids is 1. The van der Waals surface area contributed by atoms with Crippen LogP contribution in [0.1, 0.15) is 24.0 Å². The standard InChI is InChI=1S/C28H27N3O7S/c1-6-38-28(33)24-23(16-8-10-19(35-3)21(13-16)37-5)17(14-29)25(30)31-26(32)22(39-27(24)31)12-15-7-9-18(34-2)20(11-15)36-4/h7-13,23H,6,30H2,1-5H3/b22-12-/t23-/m0/s1. The number of thiazole rings is 1. The van der Waals surface area contributed by atoms with Gasteiger partial charge in [0.1, 0.15) is 10.5 Å². The summed E-state index contributed by atoms with van der Waals surface area (Å²) in [6.07, 6.45) is 1.66. The first-order valence-electron chi connectivity index (χ1n) is 11.8. The third-order valence-electron chi connectivity index (χ3n) is 6.21. The second-order valence-corrected chi connectivity index (χ2v) is 9.29. The number of nitrogens with two attached hydrogens (primary N) is 1. The van der Waals surface area contributed by atoms with Crippen LogP contribution in [0.3, 0.4) is 0 Å².